The van der Waals surface area contributed by atoms with Gasteiger partial charge in [-0.15, -0.1) is 0 Å². The van der Waals surface area contributed by atoms with Crippen molar-refractivity contribution in [3.63, 3.8) is 0 Å². The van der Waals surface area contributed by atoms with Gasteiger partial charge in [0.1, 0.15) is 11.7 Å². The monoisotopic (exact) mass is 242 g/mol. The Labute approximate surface area is 103 Å². The van der Waals surface area contributed by atoms with Crippen LogP contribution in [-0.4, -0.2) is 23.5 Å². The second-order valence-electron chi connectivity index (χ2n) is 4.46. The normalized spacial score (nSPS) is 22.5. The molecule has 0 fully saturated rings. The molecule has 1 aromatic rings. The lowest BCUT2D eigenvalue weighted by Crippen LogP contribution is -2.34. The van der Waals surface area contributed by atoms with Crippen LogP contribution in [0.3, 0.4) is 0 Å². The smallest absolute Gasteiger partial charge is 0.229 e. The fourth-order valence-electron chi connectivity index (χ4n) is 2.32. The van der Waals surface area contributed by atoms with E-state index in [0.29, 0.717) is 5.56 Å². The maximum Gasteiger partial charge on any atom is 0.229 e. The largest absolute Gasteiger partial charge is 0.485 e. The van der Waals surface area contributed by atoms with E-state index in [0.717, 1.165) is 0 Å². The first kappa shape index (κ1) is 10.9. The third kappa shape index (κ3) is 1.35. The summed E-state index contributed by atoms with van der Waals surface area (Å²) in [4.78, 5) is 36.3. The Kier molecular flexibility index (Phi) is 2.20. The van der Waals surface area contributed by atoms with Gasteiger partial charge in [0, 0.05) is 17.5 Å². The van der Waals surface area contributed by atoms with Gasteiger partial charge in [0.2, 0.25) is 11.6 Å². The van der Waals surface area contributed by atoms with Crippen molar-refractivity contribution >= 4 is 17.3 Å². The van der Waals surface area contributed by atoms with Crippen LogP contribution in [0.15, 0.2) is 35.6 Å². The SMILES string of the molecule is CC1CC(=O)C2=C(O1)C(=O)c1ccccc1C2=O. The number of benzene rings is 1. The third-order valence-corrected chi connectivity index (χ3v) is 3.15. The van der Waals surface area contributed by atoms with Gasteiger partial charge in [0.15, 0.2) is 11.5 Å². The summed E-state index contributed by atoms with van der Waals surface area (Å²) in [5.41, 5.74) is 0.507. The minimum Gasteiger partial charge on any atom is -0.485 e. The summed E-state index contributed by atoms with van der Waals surface area (Å²) < 4.78 is 5.39. The maximum absolute atomic E-state index is 12.2. The average Bonchev–Trinajstić information content (AvgIpc) is 2.35. The molecule has 0 N–H and O–H groups in total. The van der Waals surface area contributed by atoms with Gasteiger partial charge in [-0.25, -0.2) is 0 Å². The van der Waals surface area contributed by atoms with E-state index in [2.05, 4.69) is 0 Å². The molecule has 0 spiro atoms. The molecule has 1 aliphatic heterocycles. The molecule has 1 heterocycles. The second-order valence-corrected chi connectivity index (χ2v) is 4.46. The molecule has 1 aliphatic carbocycles. The van der Waals surface area contributed by atoms with Crippen LogP contribution >= 0.6 is 0 Å². The highest BCUT2D eigenvalue weighted by Gasteiger charge is 2.40. The minimum atomic E-state index is -0.405. The first-order valence-corrected chi connectivity index (χ1v) is 5.72. The molecule has 1 atom stereocenters. The van der Waals surface area contributed by atoms with Crippen molar-refractivity contribution in [2.75, 3.05) is 0 Å². The molecule has 1 aromatic carbocycles. The van der Waals surface area contributed by atoms with Crippen molar-refractivity contribution in [1.29, 1.82) is 0 Å². The highest BCUT2D eigenvalue weighted by Crippen LogP contribution is 2.32. The van der Waals surface area contributed by atoms with Crippen LogP contribution in [0.2, 0.25) is 0 Å². The van der Waals surface area contributed by atoms with Crippen LogP contribution in [0.25, 0.3) is 0 Å². The number of hydrogen-bond donors (Lipinski definition) is 0. The lowest BCUT2D eigenvalue weighted by Gasteiger charge is -2.27. The molecular weight excluding hydrogens is 232 g/mol. The number of Topliss-reactive ketones (excluding diaryl/α,β-unsaturated/α-hetero) is 3. The van der Waals surface area contributed by atoms with Gasteiger partial charge >= 0.3 is 0 Å². The maximum atomic E-state index is 12.2. The first-order valence-electron chi connectivity index (χ1n) is 5.72. The predicted octanol–water partition coefficient (Wildman–Crippen LogP) is 1.70. The van der Waals surface area contributed by atoms with Gasteiger partial charge < -0.3 is 4.74 Å². The van der Waals surface area contributed by atoms with Crippen LogP contribution in [-0.2, 0) is 9.53 Å². The molecule has 0 aromatic heterocycles. The highest BCUT2D eigenvalue weighted by molar-refractivity contribution is 6.36. The van der Waals surface area contributed by atoms with Crippen molar-refractivity contribution in [3.8, 4) is 0 Å². The van der Waals surface area contributed by atoms with Crippen molar-refractivity contribution in [2.45, 2.75) is 19.4 Å². The highest BCUT2D eigenvalue weighted by atomic mass is 16.5. The van der Waals surface area contributed by atoms with Crippen LogP contribution in [0.4, 0.5) is 0 Å². The molecule has 4 heteroatoms. The quantitative estimate of drug-likeness (QED) is 0.649. The van der Waals surface area contributed by atoms with E-state index < -0.39 is 5.78 Å². The van der Waals surface area contributed by atoms with Gasteiger partial charge in [-0.2, -0.15) is 0 Å². The summed E-state index contributed by atoms with van der Waals surface area (Å²) in [5, 5.41) is 0. The summed E-state index contributed by atoms with van der Waals surface area (Å²) in [5.74, 6) is -1.17. The molecule has 90 valence electrons. The van der Waals surface area contributed by atoms with E-state index in [1.165, 1.54) is 0 Å². The molecule has 2 aliphatic rings. The number of carbonyl (C=O) groups excluding carboxylic acids is 3. The number of ketones is 3. The molecular formula is C14H10O4. The molecule has 0 bridgehead atoms. The zero-order valence-corrected chi connectivity index (χ0v) is 9.73. The zero-order valence-electron chi connectivity index (χ0n) is 9.73. The number of fused-ring (bicyclic) bond motifs is 1. The summed E-state index contributed by atoms with van der Waals surface area (Å²) in [6.45, 7) is 1.71. The Bertz CT molecular complexity index is 624. The van der Waals surface area contributed by atoms with E-state index in [1.54, 1.807) is 31.2 Å². The van der Waals surface area contributed by atoms with E-state index in [9.17, 15) is 14.4 Å². The molecule has 3 rings (SSSR count). The third-order valence-electron chi connectivity index (χ3n) is 3.15. The minimum absolute atomic E-state index is 0.0811. The fourth-order valence-corrected chi connectivity index (χ4v) is 2.32. The van der Waals surface area contributed by atoms with Crippen molar-refractivity contribution < 1.29 is 19.1 Å². The van der Waals surface area contributed by atoms with E-state index in [-0.39, 0.29) is 41.0 Å². The molecule has 1 unspecified atom stereocenters. The number of rotatable bonds is 0. The molecule has 0 saturated heterocycles. The number of carbonyl (C=O) groups is 3. The topological polar surface area (TPSA) is 60.4 Å². The lowest BCUT2D eigenvalue weighted by atomic mass is 9.84. The van der Waals surface area contributed by atoms with E-state index >= 15 is 0 Å². The summed E-state index contributed by atoms with van der Waals surface area (Å²) >= 11 is 0. The molecule has 0 radical (unpaired) electrons. The molecule has 18 heavy (non-hydrogen) atoms. The van der Waals surface area contributed by atoms with Gasteiger partial charge in [-0.05, 0) is 6.92 Å². The number of hydrogen-bond acceptors (Lipinski definition) is 4. The van der Waals surface area contributed by atoms with Crippen LogP contribution in [0, 0.1) is 0 Å². The van der Waals surface area contributed by atoms with Gasteiger partial charge in [0.05, 0.1) is 0 Å². The molecule has 4 nitrogen and oxygen atoms in total. The van der Waals surface area contributed by atoms with Crippen molar-refractivity contribution in [1.82, 2.24) is 0 Å². The van der Waals surface area contributed by atoms with Gasteiger partial charge in [-0.3, -0.25) is 14.4 Å². The predicted molar refractivity (Wildman–Crippen MR) is 62.3 cm³/mol. The number of ether oxygens (including phenoxy) is 1. The van der Waals surface area contributed by atoms with Crippen LogP contribution in [0.5, 0.6) is 0 Å². The van der Waals surface area contributed by atoms with E-state index in [4.69, 9.17) is 4.74 Å². The lowest BCUT2D eigenvalue weighted by molar-refractivity contribution is -0.118. The zero-order chi connectivity index (χ0) is 12.9. The standard InChI is InChI=1S/C14H10O4/c1-7-6-10(15)11-12(16)8-4-2-3-5-9(8)13(17)14(11)18-7/h2-5,7H,6H2,1H3. The number of allylic oxidation sites excluding steroid dienone is 2. The average molecular weight is 242 g/mol. The van der Waals surface area contributed by atoms with Crippen molar-refractivity contribution in [2.24, 2.45) is 0 Å². The Morgan fingerprint density at radius 3 is 2.33 bits per heavy atom. The molecule has 0 amide bonds. The van der Waals surface area contributed by atoms with E-state index in [1.807, 2.05) is 0 Å². The van der Waals surface area contributed by atoms with Crippen molar-refractivity contribution in [3.05, 3.63) is 46.7 Å². The summed E-state index contributed by atoms with van der Waals surface area (Å²) in [6, 6.07) is 6.49. The van der Waals surface area contributed by atoms with Crippen LogP contribution in [0.1, 0.15) is 34.1 Å². The van der Waals surface area contributed by atoms with Crippen LogP contribution < -0.4 is 0 Å². The van der Waals surface area contributed by atoms with Gasteiger partial charge in [0.25, 0.3) is 0 Å². The Morgan fingerprint density at radius 1 is 1.06 bits per heavy atom. The Morgan fingerprint density at radius 2 is 1.67 bits per heavy atom. The Hall–Kier alpha value is -2.23. The van der Waals surface area contributed by atoms with Gasteiger partial charge in [-0.1, -0.05) is 24.3 Å². The molecule has 0 saturated carbocycles. The fraction of sp³-hybridized carbons (Fsp3) is 0.214. The Balaban J connectivity index is 2.24. The first-order chi connectivity index (χ1) is 8.59. The summed E-state index contributed by atoms with van der Waals surface area (Å²) in [7, 11) is 0. The summed E-state index contributed by atoms with van der Waals surface area (Å²) in [6.07, 6.45) is -0.224. The second kappa shape index (κ2) is 3.63.